The number of amides is 2. The quantitative estimate of drug-likeness (QED) is 0.608. The smallest absolute Gasteiger partial charge is 0.227 e. The summed E-state index contributed by atoms with van der Waals surface area (Å²) in [5.74, 6) is 2.66. The highest BCUT2D eigenvalue weighted by Gasteiger charge is 2.34. The second-order valence-corrected chi connectivity index (χ2v) is 8.17. The highest BCUT2D eigenvalue weighted by molar-refractivity contribution is 6.00. The number of carbonyl (C=O) groups is 2. The molecular formula is C23H30N6O3. The number of nitrogens with one attached hydrogen (secondary N) is 2. The van der Waals surface area contributed by atoms with Crippen molar-refractivity contribution >= 4 is 29.1 Å². The van der Waals surface area contributed by atoms with Crippen LogP contribution in [0.25, 0.3) is 0 Å². The number of hydrogen-bond acceptors (Lipinski definition) is 7. The molecule has 1 aromatic carbocycles. The molecule has 170 valence electrons. The molecule has 2 fully saturated rings. The maximum atomic E-state index is 12.6. The molecule has 0 spiro atoms. The molecule has 2 saturated heterocycles. The largest absolute Gasteiger partial charge is 0.497 e. The summed E-state index contributed by atoms with van der Waals surface area (Å²) < 4.78 is 5.16. The summed E-state index contributed by atoms with van der Waals surface area (Å²) in [6.07, 6.45) is 2.60. The Morgan fingerprint density at radius 3 is 2.62 bits per heavy atom. The molecule has 0 bridgehead atoms. The normalized spacial score (nSPS) is 18.2. The van der Waals surface area contributed by atoms with E-state index in [2.05, 4.69) is 25.5 Å². The van der Waals surface area contributed by atoms with Gasteiger partial charge in [0, 0.05) is 50.9 Å². The van der Waals surface area contributed by atoms with Gasteiger partial charge in [0.15, 0.2) is 0 Å². The molecule has 9 heteroatoms. The highest BCUT2D eigenvalue weighted by atomic mass is 16.5. The van der Waals surface area contributed by atoms with Gasteiger partial charge in [-0.15, -0.1) is 0 Å². The van der Waals surface area contributed by atoms with Crippen molar-refractivity contribution in [2.24, 2.45) is 5.92 Å². The van der Waals surface area contributed by atoms with E-state index in [9.17, 15) is 9.59 Å². The SMILES string of the molecule is COc1ccc(N2CC(C(=O)NCCNc3cc(N4CCCC4)nc(C)n3)CC2=O)cc1. The van der Waals surface area contributed by atoms with Gasteiger partial charge in [-0.2, -0.15) is 0 Å². The van der Waals surface area contributed by atoms with Crippen molar-refractivity contribution in [2.75, 3.05) is 55.0 Å². The minimum atomic E-state index is -0.354. The van der Waals surface area contributed by atoms with Crippen LogP contribution in [0.5, 0.6) is 5.75 Å². The maximum absolute atomic E-state index is 12.6. The molecular weight excluding hydrogens is 408 g/mol. The molecule has 2 aromatic rings. The summed E-state index contributed by atoms with van der Waals surface area (Å²) in [7, 11) is 1.60. The molecule has 9 nitrogen and oxygen atoms in total. The van der Waals surface area contributed by atoms with Gasteiger partial charge in [-0.3, -0.25) is 9.59 Å². The van der Waals surface area contributed by atoms with E-state index in [-0.39, 0.29) is 24.2 Å². The first-order valence-corrected chi connectivity index (χ1v) is 11.1. The lowest BCUT2D eigenvalue weighted by Crippen LogP contribution is -2.35. The number of aryl methyl sites for hydroxylation is 1. The zero-order valence-corrected chi connectivity index (χ0v) is 18.6. The standard InChI is InChI=1S/C23H30N6O3/c1-16-26-20(14-21(27-16)28-11-3-4-12-28)24-9-10-25-23(31)17-13-22(30)29(15-17)18-5-7-19(32-2)8-6-18/h5-8,14,17H,3-4,9-13,15H2,1-2H3,(H,25,31)(H,24,26,27). The Morgan fingerprint density at radius 1 is 1.16 bits per heavy atom. The predicted octanol–water partition coefficient (Wildman–Crippen LogP) is 1.98. The summed E-state index contributed by atoms with van der Waals surface area (Å²) in [6.45, 7) is 5.32. The lowest BCUT2D eigenvalue weighted by atomic mass is 10.1. The summed E-state index contributed by atoms with van der Waals surface area (Å²) in [5, 5.41) is 6.20. The number of hydrogen-bond donors (Lipinski definition) is 2. The molecule has 32 heavy (non-hydrogen) atoms. The Balaban J connectivity index is 1.25. The van der Waals surface area contributed by atoms with Gasteiger partial charge in [0.1, 0.15) is 23.2 Å². The zero-order chi connectivity index (χ0) is 22.5. The first-order chi connectivity index (χ1) is 15.5. The third-order valence-corrected chi connectivity index (χ3v) is 5.86. The minimum Gasteiger partial charge on any atom is -0.497 e. The fourth-order valence-electron chi connectivity index (χ4n) is 4.17. The van der Waals surface area contributed by atoms with Crippen molar-refractivity contribution < 1.29 is 14.3 Å². The van der Waals surface area contributed by atoms with Crippen LogP contribution in [-0.4, -0.2) is 61.6 Å². The summed E-state index contributed by atoms with van der Waals surface area (Å²) in [4.78, 5) is 37.9. The second-order valence-electron chi connectivity index (χ2n) is 8.17. The fourth-order valence-corrected chi connectivity index (χ4v) is 4.17. The van der Waals surface area contributed by atoms with Crippen molar-refractivity contribution in [3.8, 4) is 5.75 Å². The maximum Gasteiger partial charge on any atom is 0.227 e. The first kappa shape index (κ1) is 21.9. The van der Waals surface area contributed by atoms with Gasteiger partial charge >= 0.3 is 0 Å². The number of methoxy groups -OCH3 is 1. The van der Waals surface area contributed by atoms with Crippen molar-refractivity contribution in [1.29, 1.82) is 0 Å². The van der Waals surface area contributed by atoms with Crippen LogP contribution in [0.15, 0.2) is 30.3 Å². The average molecular weight is 439 g/mol. The number of aromatic nitrogens is 2. The molecule has 2 aliphatic heterocycles. The van der Waals surface area contributed by atoms with E-state index in [0.717, 1.165) is 42.0 Å². The van der Waals surface area contributed by atoms with Crippen molar-refractivity contribution in [3.05, 3.63) is 36.2 Å². The Kier molecular flexibility index (Phi) is 6.72. The third-order valence-electron chi connectivity index (χ3n) is 5.86. The van der Waals surface area contributed by atoms with E-state index in [1.54, 1.807) is 12.0 Å². The summed E-state index contributed by atoms with van der Waals surface area (Å²) >= 11 is 0. The van der Waals surface area contributed by atoms with Crippen LogP contribution >= 0.6 is 0 Å². The van der Waals surface area contributed by atoms with E-state index < -0.39 is 0 Å². The number of nitrogens with zero attached hydrogens (tertiary/aromatic N) is 4. The average Bonchev–Trinajstić information content (AvgIpc) is 3.46. The molecule has 0 aliphatic carbocycles. The van der Waals surface area contributed by atoms with E-state index in [0.29, 0.717) is 19.6 Å². The van der Waals surface area contributed by atoms with Gasteiger partial charge in [-0.05, 0) is 44.0 Å². The number of carbonyl (C=O) groups excluding carboxylic acids is 2. The van der Waals surface area contributed by atoms with E-state index in [1.807, 2.05) is 37.3 Å². The van der Waals surface area contributed by atoms with Gasteiger partial charge in [0.2, 0.25) is 11.8 Å². The van der Waals surface area contributed by atoms with Crippen LogP contribution in [0.3, 0.4) is 0 Å². The molecule has 2 amide bonds. The number of anilines is 3. The van der Waals surface area contributed by atoms with E-state index in [4.69, 9.17) is 4.74 Å². The topological polar surface area (TPSA) is 99.7 Å². The van der Waals surface area contributed by atoms with Crippen LogP contribution in [0, 0.1) is 12.8 Å². The van der Waals surface area contributed by atoms with Crippen LogP contribution < -0.4 is 25.2 Å². The Hall–Kier alpha value is -3.36. The summed E-state index contributed by atoms with van der Waals surface area (Å²) in [6, 6.07) is 9.25. The predicted molar refractivity (Wildman–Crippen MR) is 123 cm³/mol. The Morgan fingerprint density at radius 2 is 1.91 bits per heavy atom. The van der Waals surface area contributed by atoms with Crippen LogP contribution in [0.1, 0.15) is 25.1 Å². The fraction of sp³-hybridized carbons (Fsp3) is 0.478. The molecule has 2 N–H and O–H groups in total. The molecule has 0 radical (unpaired) electrons. The van der Waals surface area contributed by atoms with Gasteiger partial charge in [-0.25, -0.2) is 9.97 Å². The molecule has 1 aromatic heterocycles. The Bertz CT molecular complexity index is 959. The molecule has 2 aliphatic rings. The van der Waals surface area contributed by atoms with Crippen molar-refractivity contribution in [2.45, 2.75) is 26.2 Å². The number of benzene rings is 1. The highest BCUT2D eigenvalue weighted by Crippen LogP contribution is 2.27. The van der Waals surface area contributed by atoms with Crippen molar-refractivity contribution in [3.63, 3.8) is 0 Å². The lowest BCUT2D eigenvalue weighted by Gasteiger charge is -2.18. The van der Waals surface area contributed by atoms with E-state index >= 15 is 0 Å². The Labute approximate surface area is 188 Å². The van der Waals surface area contributed by atoms with Gasteiger partial charge < -0.3 is 25.2 Å². The van der Waals surface area contributed by atoms with Crippen LogP contribution in [0.2, 0.25) is 0 Å². The molecule has 0 saturated carbocycles. The number of ether oxygens (including phenoxy) is 1. The second kappa shape index (κ2) is 9.84. The monoisotopic (exact) mass is 438 g/mol. The molecule has 4 rings (SSSR count). The molecule has 3 heterocycles. The van der Waals surface area contributed by atoms with Crippen LogP contribution in [-0.2, 0) is 9.59 Å². The van der Waals surface area contributed by atoms with E-state index in [1.165, 1.54) is 12.8 Å². The van der Waals surface area contributed by atoms with Crippen LogP contribution in [0.4, 0.5) is 17.3 Å². The number of rotatable bonds is 8. The van der Waals surface area contributed by atoms with Gasteiger partial charge in [0.05, 0.1) is 13.0 Å². The van der Waals surface area contributed by atoms with Gasteiger partial charge in [0.25, 0.3) is 0 Å². The first-order valence-electron chi connectivity index (χ1n) is 11.1. The van der Waals surface area contributed by atoms with Crippen molar-refractivity contribution in [1.82, 2.24) is 15.3 Å². The molecule has 1 unspecified atom stereocenters. The lowest BCUT2D eigenvalue weighted by molar-refractivity contribution is -0.126. The summed E-state index contributed by atoms with van der Waals surface area (Å²) in [5.41, 5.74) is 0.778. The molecule has 1 atom stereocenters. The van der Waals surface area contributed by atoms with Gasteiger partial charge in [-0.1, -0.05) is 0 Å². The zero-order valence-electron chi connectivity index (χ0n) is 18.6. The third kappa shape index (κ3) is 5.09. The minimum absolute atomic E-state index is 0.0423.